The molecular formula is C14H12ClN3O3. The zero-order chi connectivity index (χ0) is 15.1. The molecule has 0 aliphatic rings. The van der Waals surface area contributed by atoms with Gasteiger partial charge in [-0.1, -0.05) is 23.7 Å². The van der Waals surface area contributed by atoms with Crippen LogP contribution in [0.2, 0.25) is 5.02 Å². The molecule has 0 atom stereocenters. The lowest BCUT2D eigenvalue weighted by Crippen LogP contribution is -2.28. The van der Waals surface area contributed by atoms with Crippen molar-refractivity contribution in [1.82, 2.24) is 15.3 Å². The number of aromatic nitrogens is 2. The largest absolute Gasteiger partial charge is 0.451 e. The molecule has 0 saturated carbocycles. The normalized spacial score (nSPS) is 9.95. The average Bonchev–Trinajstić information content (AvgIpc) is 2.51. The van der Waals surface area contributed by atoms with E-state index in [9.17, 15) is 9.59 Å². The molecule has 1 amide bonds. The number of hydrogen-bond donors (Lipinski definition) is 1. The molecular weight excluding hydrogens is 294 g/mol. The fourth-order valence-electron chi connectivity index (χ4n) is 1.51. The molecule has 0 unspecified atom stereocenters. The predicted octanol–water partition coefficient (Wildman–Crippen LogP) is 1.60. The Morgan fingerprint density at radius 2 is 2.14 bits per heavy atom. The highest BCUT2D eigenvalue weighted by atomic mass is 35.5. The molecule has 0 saturated heterocycles. The van der Waals surface area contributed by atoms with Crippen molar-refractivity contribution < 1.29 is 14.3 Å². The van der Waals surface area contributed by atoms with Crippen LogP contribution >= 0.6 is 11.6 Å². The summed E-state index contributed by atoms with van der Waals surface area (Å²) >= 11 is 5.84. The van der Waals surface area contributed by atoms with Crippen molar-refractivity contribution >= 4 is 23.5 Å². The summed E-state index contributed by atoms with van der Waals surface area (Å²) in [6, 6.07) is 7.11. The molecule has 1 aromatic carbocycles. The summed E-state index contributed by atoms with van der Waals surface area (Å²) in [5, 5.41) is 3.22. The number of amides is 1. The van der Waals surface area contributed by atoms with E-state index in [-0.39, 0.29) is 12.3 Å². The lowest BCUT2D eigenvalue weighted by Gasteiger charge is -2.06. The van der Waals surface area contributed by atoms with Gasteiger partial charge < -0.3 is 10.1 Å². The summed E-state index contributed by atoms with van der Waals surface area (Å²) in [5.74, 6) is -1.10. The number of rotatable bonds is 5. The zero-order valence-electron chi connectivity index (χ0n) is 11.0. The number of carbonyl (C=O) groups excluding carboxylic acids is 2. The molecule has 0 radical (unpaired) electrons. The Morgan fingerprint density at radius 1 is 1.29 bits per heavy atom. The molecule has 1 N–H and O–H groups in total. The van der Waals surface area contributed by atoms with Crippen LogP contribution in [0.15, 0.2) is 42.9 Å². The number of ether oxygens (including phenoxy) is 1. The van der Waals surface area contributed by atoms with Gasteiger partial charge in [-0.2, -0.15) is 0 Å². The molecule has 1 aromatic heterocycles. The molecule has 0 spiro atoms. The maximum atomic E-state index is 11.6. The molecule has 0 fully saturated rings. The van der Waals surface area contributed by atoms with Gasteiger partial charge in [-0.25, -0.2) is 9.78 Å². The number of halogens is 1. The number of nitrogens with one attached hydrogen (secondary N) is 1. The van der Waals surface area contributed by atoms with Crippen molar-refractivity contribution in [3.8, 4) is 0 Å². The molecule has 7 heteroatoms. The first-order valence-corrected chi connectivity index (χ1v) is 6.47. The predicted molar refractivity (Wildman–Crippen MR) is 75.6 cm³/mol. The highest BCUT2D eigenvalue weighted by molar-refractivity contribution is 6.30. The van der Waals surface area contributed by atoms with E-state index in [1.54, 1.807) is 18.2 Å². The second kappa shape index (κ2) is 7.35. The molecule has 6 nitrogen and oxygen atoms in total. The van der Waals surface area contributed by atoms with Gasteiger partial charge in [-0.05, 0) is 17.7 Å². The van der Waals surface area contributed by atoms with Gasteiger partial charge >= 0.3 is 5.97 Å². The molecule has 2 aromatic rings. The van der Waals surface area contributed by atoms with Gasteiger partial charge in [-0.15, -0.1) is 0 Å². The van der Waals surface area contributed by atoms with Crippen LogP contribution in [0.5, 0.6) is 0 Å². The molecule has 1 heterocycles. The van der Waals surface area contributed by atoms with E-state index < -0.39 is 11.9 Å². The monoisotopic (exact) mass is 305 g/mol. The van der Waals surface area contributed by atoms with Crippen molar-refractivity contribution in [3.63, 3.8) is 0 Å². The van der Waals surface area contributed by atoms with E-state index in [0.29, 0.717) is 11.6 Å². The Balaban J connectivity index is 1.76. The van der Waals surface area contributed by atoms with Crippen molar-refractivity contribution in [1.29, 1.82) is 0 Å². The Morgan fingerprint density at radius 3 is 2.86 bits per heavy atom. The first-order valence-electron chi connectivity index (χ1n) is 6.09. The number of esters is 1. The SMILES string of the molecule is O=C(COC(=O)c1cnccn1)NCc1cccc(Cl)c1. The molecule has 2 rings (SSSR count). The fourth-order valence-corrected chi connectivity index (χ4v) is 1.72. The highest BCUT2D eigenvalue weighted by Crippen LogP contribution is 2.10. The summed E-state index contributed by atoms with van der Waals surface area (Å²) in [6.45, 7) is -0.0714. The van der Waals surface area contributed by atoms with E-state index in [4.69, 9.17) is 16.3 Å². The Kier molecular flexibility index (Phi) is 5.22. The topological polar surface area (TPSA) is 81.2 Å². The van der Waals surface area contributed by atoms with E-state index in [0.717, 1.165) is 5.56 Å². The minimum absolute atomic E-state index is 0.0557. The Labute approximate surface area is 126 Å². The summed E-state index contributed by atoms with van der Waals surface area (Å²) in [5.41, 5.74) is 0.913. The zero-order valence-corrected chi connectivity index (χ0v) is 11.7. The van der Waals surface area contributed by atoms with Crippen LogP contribution in [-0.4, -0.2) is 28.5 Å². The average molecular weight is 306 g/mol. The standard InChI is InChI=1S/C14H12ClN3O3/c15-11-3-1-2-10(6-11)7-18-13(19)9-21-14(20)12-8-16-4-5-17-12/h1-6,8H,7,9H2,(H,18,19). The molecule has 0 bridgehead atoms. The van der Waals surface area contributed by atoms with Crippen molar-refractivity contribution in [2.75, 3.05) is 6.61 Å². The Hall–Kier alpha value is -2.47. The lowest BCUT2D eigenvalue weighted by atomic mass is 10.2. The van der Waals surface area contributed by atoms with Crippen molar-refractivity contribution in [2.24, 2.45) is 0 Å². The second-order valence-corrected chi connectivity index (χ2v) is 4.51. The Bertz CT molecular complexity index is 634. The maximum absolute atomic E-state index is 11.6. The third-order valence-corrected chi connectivity index (χ3v) is 2.72. The smallest absolute Gasteiger partial charge is 0.359 e. The third-order valence-electron chi connectivity index (χ3n) is 2.49. The minimum Gasteiger partial charge on any atom is -0.451 e. The van der Waals surface area contributed by atoms with Gasteiger partial charge in [-0.3, -0.25) is 9.78 Å². The third kappa shape index (κ3) is 4.85. The summed E-state index contributed by atoms with van der Waals surface area (Å²) in [7, 11) is 0. The van der Waals surface area contributed by atoms with Gasteiger partial charge in [0.1, 0.15) is 0 Å². The van der Waals surface area contributed by atoms with E-state index in [2.05, 4.69) is 15.3 Å². The van der Waals surface area contributed by atoms with Crippen LogP contribution in [0.1, 0.15) is 16.1 Å². The molecule has 0 aliphatic heterocycles. The number of hydrogen-bond acceptors (Lipinski definition) is 5. The number of nitrogens with zero attached hydrogens (tertiary/aromatic N) is 2. The van der Waals surface area contributed by atoms with Crippen LogP contribution in [0.25, 0.3) is 0 Å². The van der Waals surface area contributed by atoms with Gasteiger partial charge in [0.15, 0.2) is 12.3 Å². The highest BCUT2D eigenvalue weighted by Gasteiger charge is 2.11. The summed E-state index contributed by atoms with van der Waals surface area (Å²) in [4.78, 5) is 30.6. The quantitative estimate of drug-likeness (QED) is 0.849. The molecule has 21 heavy (non-hydrogen) atoms. The van der Waals surface area contributed by atoms with E-state index in [1.807, 2.05) is 6.07 Å². The molecule has 108 valence electrons. The van der Waals surface area contributed by atoms with Crippen LogP contribution in [0.4, 0.5) is 0 Å². The maximum Gasteiger partial charge on any atom is 0.359 e. The van der Waals surface area contributed by atoms with Gasteiger partial charge in [0.2, 0.25) is 0 Å². The van der Waals surface area contributed by atoms with Crippen LogP contribution in [0, 0.1) is 0 Å². The van der Waals surface area contributed by atoms with Gasteiger partial charge in [0, 0.05) is 24.0 Å². The van der Waals surface area contributed by atoms with Gasteiger partial charge in [0.05, 0.1) is 6.20 Å². The first-order chi connectivity index (χ1) is 10.1. The molecule has 0 aliphatic carbocycles. The lowest BCUT2D eigenvalue weighted by molar-refractivity contribution is -0.124. The van der Waals surface area contributed by atoms with Crippen LogP contribution < -0.4 is 5.32 Å². The van der Waals surface area contributed by atoms with Crippen molar-refractivity contribution in [3.05, 3.63) is 59.1 Å². The number of benzene rings is 1. The fraction of sp³-hybridized carbons (Fsp3) is 0.143. The number of carbonyl (C=O) groups is 2. The van der Waals surface area contributed by atoms with Crippen LogP contribution in [-0.2, 0) is 16.1 Å². The van der Waals surface area contributed by atoms with Gasteiger partial charge in [0.25, 0.3) is 5.91 Å². The second-order valence-electron chi connectivity index (χ2n) is 4.07. The van der Waals surface area contributed by atoms with Crippen LogP contribution in [0.3, 0.4) is 0 Å². The minimum atomic E-state index is -0.694. The summed E-state index contributed by atoms with van der Waals surface area (Å²) < 4.78 is 4.82. The summed E-state index contributed by atoms with van der Waals surface area (Å²) in [6.07, 6.45) is 4.08. The van der Waals surface area contributed by atoms with E-state index >= 15 is 0 Å². The van der Waals surface area contributed by atoms with Crippen molar-refractivity contribution in [2.45, 2.75) is 6.54 Å². The first kappa shape index (κ1) is 14.9. The van der Waals surface area contributed by atoms with E-state index in [1.165, 1.54) is 18.6 Å².